The maximum Gasteiger partial charge on any atom is 0.264 e. The van der Waals surface area contributed by atoms with Gasteiger partial charge in [0, 0.05) is 6.61 Å². The Bertz CT molecular complexity index is 254. The quantitative estimate of drug-likeness (QED) is 0.384. The molecule has 5 nitrogen and oxygen atoms in total. The van der Waals surface area contributed by atoms with E-state index in [1.54, 1.807) is 6.92 Å². The van der Waals surface area contributed by atoms with E-state index in [-0.39, 0.29) is 31.1 Å². The Hall–Kier alpha value is -0.590. The number of allylic oxidation sites excluding steroid dienone is 1. The first-order chi connectivity index (χ1) is 5.95. The van der Waals surface area contributed by atoms with E-state index in [0.29, 0.717) is 0 Å². The zero-order chi connectivity index (χ0) is 10.3. The molecule has 0 aliphatic carbocycles. The van der Waals surface area contributed by atoms with Crippen molar-refractivity contribution in [1.82, 2.24) is 0 Å². The van der Waals surface area contributed by atoms with E-state index in [1.807, 2.05) is 0 Å². The Labute approximate surface area is 77.8 Å². The van der Waals surface area contributed by atoms with Gasteiger partial charge in [-0.2, -0.15) is 8.42 Å². The van der Waals surface area contributed by atoms with Crippen molar-refractivity contribution in [3.05, 3.63) is 11.8 Å². The largest absolute Gasteiger partial charge is 0.510 e. The lowest BCUT2D eigenvalue weighted by Crippen LogP contribution is -2.08. The van der Waals surface area contributed by atoms with Gasteiger partial charge in [-0.3, -0.25) is 4.55 Å². The smallest absolute Gasteiger partial charge is 0.264 e. The molecule has 0 aromatic rings. The monoisotopic (exact) mass is 210 g/mol. The van der Waals surface area contributed by atoms with Crippen LogP contribution in [-0.4, -0.2) is 37.0 Å². The first kappa shape index (κ1) is 12.4. The molecule has 2 N–H and O–H groups in total. The minimum Gasteiger partial charge on any atom is -0.510 e. The highest BCUT2D eigenvalue weighted by molar-refractivity contribution is 7.85. The predicted molar refractivity (Wildman–Crippen MR) is 48.2 cm³/mol. The van der Waals surface area contributed by atoms with Gasteiger partial charge < -0.3 is 9.84 Å². The van der Waals surface area contributed by atoms with E-state index >= 15 is 0 Å². The molecule has 0 bridgehead atoms. The van der Waals surface area contributed by atoms with Gasteiger partial charge in [0.1, 0.15) is 12.4 Å². The fourth-order valence-electron chi connectivity index (χ4n) is 0.603. The van der Waals surface area contributed by atoms with Gasteiger partial charge in [0.2, 0.25) is 0 Å². The van der Waals surface area contributed by atoms with Crippen LogP contribution in [0.1, 0.15) is 13.3 Å². The van der Waals surface area contributed by atoms with Gasteiger partial charge in [0.05, 0.1) is 5.75 Å². The topological polar surface area (TPSA) is 83.8 Å². The van der Waals surface area contributed by atoms with Crippen molar-refractivity contribution in [2.45, 2.75) is 13.3 Å². The van der Waals surface area contributed by atoms with Gasteiger partial charge in [-0.15, -0.1) is 0 Å². The zero-order valence-corrected chi connectivity index (χ0v) is 8.25. The fourth-order valence-corrected chi connectivity index (χ4v) is 1.09. The molecule has 0 aromatic heterocycles. The van der Waals surface area contributed by atoms with Crippen molar-refractivity contribution in [2.75, 3.05) is 19.0 Å². The fraction of sp³-hybridized carbons (Fsp3) is 0.714. The third-order valence-electron chi connectivity index (χ3n) is 1.27. The second kappa shape index (κ2) is 5.95. The Morgan fingerprint density at radius 3 is 2.62 bits per heavy atom. The van der Waals surface area contributed by atoms with Crippen LogP contribution in [0.3, 0.4) is 0 Å². The van der Waals surface area contributed by atoms with Crippen LogP contribution in [0.5, 0.6) is 0 Å². The molecule has 0 saturated carbocycles. The highest BCUT2D eigenvalue weighted by Gasteiger charge is 2.03. The van der Waals surface area contributed by atoms with Crippen molar-refractivity contribution in [3.63, 3.8) is 0 Å². The summed E-state index contributed by atoms with van der Waals surface area (Å²) in [5.41, 5.74) is 0. The van der Waals surface area contributed by atoms with Gasteiger partial charge in [0.25, 0.3) is 10.1 Å². The van der Waals surface area contributed by atoms with Crippen LogP contribution in [0.25, 0.3) is 0 Å². The standard InChI is InChI=1S/C7H14O5S/c1-2-7(8)6-12-4-3-5-13(9,10)11/h2,8H,3-6H2,1H3,(H,9,10,11). The van der Waals surface area contributed by atoms with Gasteiger partial charge in [-0.1, -0.05) is 0 Å². The Balaban J connectivity index is 3.38. The summed E-state index contributed by atoms with van der Waals surface area (Å²) in [6.07, 6.45) is 1.71. The van der Waals surface area contributed by atoms with Crippen molar-refractivity contribution < 1.29 is 22.8 Å². The zero-order valence-electron chi connectivity index (χ0n) is 7.43. The molecular weight excluding hydrogens is 196 g/mol. The molecule has 0 aliphatic rings. The van der Waals surface area contributed by atoms with E-state index in [2.05, 4.69) is 0 Å². The molecule has 0 fully saturated rings. The van der Waals surface area contributed by atoms with Crippen molar-refractivity contribution >= 4 is 10.1 Å². The third-order valence-corrected chi connectivity index (χ3v) is 2.08. The second-order valence-electron chi connectivity index (χ2n) is 2.47. The first-order valence-electron chi connectivity index (χ1n) is 3.83. The van der Waals surface area contributed by atoms with E-state index < -0.39 is 10.1 Å². The highest BCUT2D eigenvalue weighted by Crippen LogP contribution is 1.93. The maximum absolute atomic E-state index is 10.2. The number of rotatable bonds is 6. The summed E-state index contributed by atoms with van der Waals surface area (Å²) in [6, 6.07) is 0. The Morgan fingerprint density at radius 2 is 2.15 bits per heavy atom. The molecule has 0 aromatic carbocycles. The summed E-state index contributed by atoms with van der Waals surface area (Å²) >= 11 is 0. The van der Waals surface area contributed by atoms with Gasteiger partial charge in [-0.05, 0) is 19.4 Å². The molecule has 0 atom stereocenters. The molecule has 78 valence electrons. The van der Waals surface area contributed by atoms with Crippen LogP contribution in [0, 0.1) is 0 Å². The number of aliphatic hydroxyl groups is 1. The molecular formula is C7H14O5S. The first-order valence-corrected chi connectivity index (χ1v) is 5.43. The third kappa shape index (κ3) is 9.32. The second-order valence-corrected chi connectivity index (χ2v) is 4.04. The van der Waals surface area contributed by atoms with E-state index in [0.717, 1.165) is 0 Å². The van der Waals surface area contributed by atoms with Crippen LogP contribution in [0.2, 0.25) is 0 Å². The summed E-state index contributed by atoms with van der Waals surface area (Å²) in [5.74, 6) is -0.212. The Morgan fingerprint density at radius 1 is 1.54 bits per heavy atom. The summed E-state index contributed by atoms with van der Waals surface area (Å²) < 4.78 is 33.7. The lowest BCUT2D eigenvalue weighted by atomic mass is 10.5. The molecule has 0 radical (unpaired) electrons. The van der Waals surface area contributed by atoms with Crippen LogP contribution in [-0.2, 0) is 14.9 Å². The summed E-state index contributed by atoms with van der Waals surface area (Å²) in [6.45, 7) is 1.93. The van der Waals surface area contributed by atoms with E-state index in [9.17, 15) is 8.42 Å². The van der Waals surface area contributed by atoms with Crippen molar-refractivity contribution in [2.24, 2.45) is 0 Å². The molecule has 0 amide bonds. The van der Waals surface area contributed by atoms with Crippen molar-refractivity contribution in [3.8, 4) is 0 Å². The lowest BCUT2D eigenvalue weighted by Gasteiger charge is -2.01. The minimum atomic E-state index is -3.89. The predicted octanol–water partition coefficient (Wildman–Crippen LogP) is 0.743. The SMILES string of the molecule is CC=C(O)COCCCS(=O)(=O)O. The molecule has 0 unspecified atom stereocenters. The highest BCUT2D eigenvalue weighted by atomic mass is 32.2. The van der Waals surface area contributed by atoms with Crippen LogP contribution in [0.15, 0.2) is 11.8 Å². The molecule has 0 rings (SSSR count). The van der Waals surface area contributed by atoms with Crippen LogP contribution >= 0.6 is 0 Å². The number of aliphatic hydroxyl groups excluding tert-OH is 1. The number of ether oxygens (including phenoxy) is 1. The number of hydrogen-bond donors (Lipinski definition) is 2. The van der Waals surface area contributed by atoms with Crippen molar-refractivity contribution in [1.29, 1.82) is 0 Å². The lowest BCUT2D eigenvalue weighted by molar-refractivity contribution is 0.128. The van der Waals surface area contributed by atoms with E-state index in [4.69, 9.17) is 14.4 Å². The Kier molecular flexibility index (Phi) is 5.68. The summed E-state index contributed by atoms with van der Waals surface area (Å²) in [7, 11) is -3.89. The normalized spacial score (nSPS) is 13.2. The molecule has 0 spiro atoms. The molecule has 0 heterocycles. The molecule has 0 saturated heterocycles. The van der Waals surface area contributed by atoms with Gasteiger partial charge in [-0.25, -0.2) is 0 Å². The van der Waals surface area contributed by atoms with E-state index in [1.165, 1.54) is 6.08 Å². The molecule has 0 aliphatic heterocycles. The minimum absolute atomic E-state index is 0.0714. The van der Waals surface area contributed by atoms with Gasteiger partial charge >= 0.3 is 0 Å². The average Bonchev–Trinajstić information content (AvgIpc) is 2.01. The maximum atomic E-state index is 10.2. The van der Waals surface area contributed by atoms with Crippen LogP contribution in [0.4, 0.5) is 0 Å². The summed E-state index contributed by atoms with van der Waals surface area (Å²) in [5, 5.41) is 8.89. The number of hydrogen-bond acceptors (Lipinski definition) is 4. The average molecular weight is 210 g/mol. The van der Waals surface area contributed by atoms with Gasteiger partial charge in [0.15, 0.2) is 0 Å². The van der Waals surface area contributed by atoms with Crippen LogP contribution < -0.4 is 0 Å². The summed E-state index contributed by atoms with van der Waals surface area (Å²) in [4.78, 5) is 0. The molecule has 6 heteroatoms. The molecule has 13 heavy (non-hydrogen) atoms.